The highest BCUT2D eigenvalue weighted by molar-refractivity contribution is 5.84. The smallest absolute Gasteiger partial charge is 0.225 e. The normalized spacial score (nSPS) is 16.4. The Balaban J connectivity index is 1.70. The highest BCUT2D eigenvalue weighted by Crippen LogP contribution is 2.34. The fourth-order valence-electron chi connectivity index (χ4n) is 3.77. The van der Waals surface area contributed by atoms with Gasteiger partial charge in [0.15, 0.2) is 0 Å². The number of aromatic nitrogens is 1. The van der Waals surface area contributed by atoms with E-state index in [9.17, 15) is 9.18 Å². The minimum Gasteiger partial charge on any atom is -0.361 e. The molecule has 0 spiro atoms. The average molecular weight is 316 g/mol. The van der Waals surface area contributed by atoms with Crippen LogP contribution in [-0.2, 0) is 4.79 Å². The van der Waals surface area contributed by atoms with Crippen LogP contribution in [0.25, 0.3) is 10.9 Å². The molecule has 0 saturated carbocycles. The van der Waals surface area contributed by atoms with Gasteiger partial charge in [0.25, 0.3) is 0 Å². The van der Waals surface area contributed by atoms with Crippen molar-refractivity contribution < 1.29 is 9.18 Å². The SMILES string of the molecule is CCC(CC)C(=O)N1CCC(c2c[nH]c3cc(F)ccc23)CC1. The van der Waals surface area contributed by atoms with Crippen LogP contribution in [0.4, 0.5) is 4.39 Å². The first kappa shape index (κ1) is 16.0. The third-order valence-corrected chi connectivity index (χ3v) is 5.26. The fourth-order valence-corrected chi connectivity index (χ4v) is 3.77. The van der Waals surface area contributed by atoms with Crippen LogP contribution < -0.4 is 0 Å². The monoisotopic (exact) mass is 316 g/mol. The van der Waals surface area contributed by atoms with Crippen molar-refractivity contribution in [3.05, 3.63) is 35.8 Å². The first-order chi connectivity index (χ1) is 11.1. The van der Waals surface area contributed by atoms with Gasteiger partial charge >= 0.3 is 0 Å². The van der Waals surface area contributed by atoms with Crippen LogP contribution >= 0.6 is 0 Å². The van der Waals surface area contributed by atoms with Gasteiger partial charge in [0, 0.05) is 36.1 Å². The van der Waals surface area contributed by atoms with Crippen LogP contribution in [0.5, 0.6) is 0 Å². The Morgan fingerprint density at radius 2 is 2.00 bits per heavy atom. The zero-order valence-electron chi connectivity index (χ0n) is 13.9. The number of hydrogen-bond donors (Lipinski definition) is 1. The Kier molecular flexibility index (Phi) is 4.69. The van der Waals surface area contributed by atoms with Crippen molar-refractivity contribution >= 4 is 16.8 Å². The lowest BCUT2D eigenvalue weighted by Gasteiger charge is -2.34. The van der Waals surface area contributed by atoms with E-state index in [0.29, 0.717) is 11.8 Å². The second kappa shape index (κ2) is 6.73. The van der Waals surface area contributed by atoms with E-state index in [2.05, 4.69) is 18.8 Å². The number of nitrogens with one attached hydrogen (secondary N) is 1. The summed E-state index contributed by atoms with van der Waals surface area (Å²) in [4.78, 5) is 17.7. The molecule has 2 heterocycles. The Hall–Kier alpha value is -1.84. The van der Waals surface area contributed by atoms with Crippen LogP contribution in [0, 0.1) is 11.7 Å². The number of fused-ring (bicyclic) bond motifs is 1. The summed E-state index contributed by atoms with van der Waals surface area (Å²) in [7, 11) is 0. The minimum absolute atomic E-state index is 0.169. The Morgan fingerprint density at radius 3 is 2.65 bits per heavy atom. The summed E-state index contributed by atoms with van der Waals surface area (Å²) in [6.45, 7) is 5.83. The molecule has 0 bridgehead atoms. The molecule has 1 fully saturated rings. The van der Waals surface area contributed by atoms with Gasteiger partial charge in [-0.15, -0.1) is 0 Å². The van der Waals surface area contributed by atoms with Gasteiger partial charge < -0.3 is 9.88 Å². The number of hydrogen-bond acceptors (Lipinski definition) is 1. The second-order valence-corrected chi connectivity index (χ2v) is 6.55. The first-order valence-corrected chi connectivity index (χ1v) is 8.69. The van der Waals surface area contributed by atoms with Gasteiger partial charge in [0.1, 0.15) is 5.82 Å². The topological polar surface area (TPSA) is 36.1 Å². The van der Waals surface area contributed by atoms with E-state index in [1.807, 2.05) is 17.2 Å². The molecule has 4 heteroatoms. The fraction of sp³-hybridized carbons (Fsp3) is 0.526. The number of piperidine rings is 1. The van der Waals surface area contributed by atoms with Gasteiger partial charge in [-0.05, 0) is 55.4 Å². The van der Waals surface area contributed by atoms with E-state index < -0.39 is 0 Å². The Morgan fingerprint density at radius 1 is 1.30 bits per heavy atom. The standard InChI is InChI=1S/C19H25FN2O/c1-3-13(4-2)19(23)22-9-7-14(8-10-22)17-12-21-18-11-15(20)5-6-16(17)18/h5-6,11-14,21H,3-4,7-10H2,1-2H3. The molecule has 2 aromatic rings. The lowest BCUT2D eigenvalue weighted by molar-refractivity contribution is -0.136. The number of benzene rings is 1. The zero-order chi connectivity index (χ0) is 16.4. The van der Waals surface area contributed by atoms with Crippen molar-refractivity contribution in [2.24, 2.45) is 5.92 Å². The van der Waals surface area contributed by atoms with Gasteiger partial charge in [-0.2, -0.15) is 0 Å². The van der Waals surface area contributed by atoms with E-state index in [1.54, 1.807) is 6.07 Å². The predicted octanol–water partition coefficient (Wildman–Crippen LogP) is 4.45. The van der Waals surface area contributed by atoms with E-state index in [1.165, 1.54) is 11.6 Å². The molecule has 1 aromatic heterocycles. The molecule has 1 saturated heterocycles. The molecule has 23 heavy (non-hydrogen) atoms. The summed E-state index contributed by atoms with van der Waals surface area (Å²) in [5, 5.41) is 1.11. The first-order valence-electron chi connectivity index (χ1n) is 8.69. The van der Waals surface area contributed by atoms with Crippen molar-refractivity contribution in [3.63, 3.8) is 0 Å². The third kappa shape index (κ3) is 3.12. The van der Waals surface area contributed by atoms with E-state index >= 15 is 0 Å². The van der Waals surface area contributed by atoms with Gasteiger partial charge in [0.2, 0.25) is 5.91 Å². The lowest BCUT2D eigenvalue weighted by Crippen LogP contribution is -2.41. The largest absolute Gasteiger partial charge is 0.361 e. The highest BCUT2D eigenvalue weighted by atomic mass is 19.1. The molecule has 0 radical (unpaired) electrons. The van der Waals surface area contributed by atoms with Crippen molar-refractivity contribution in [2.75, 3.05) is 13.1 Å². The summed E-state index contributed by atoms with van der Waals surface area (Å²) in [5.41, 5.74) is 2.12. The molecule has 1 amide bonds. The number of aromatic amines is 1. The number of H-pyrrole nitrogens is 1. The quantitative estimate of drug-likeness (QED) is 0.889. The number of halogens is 1. The van der Waals surface area contributed by atoms with Crippen molar-refractivity contribution in [1.82, 2.24) is 9.88 Å². The van der Waals surface area contributed by atoms with E-state index in [0.717, 1.165) is 49.7 Å². The van der Waals surface area contributed by atoms with Crippen molar-refractivity contribution in [3.8, 4) is 0 Å². The average Bonchev–Trinajstić information content (AvgIpc) is 2.99. The van der Waals surface area contributed by atoms with Gasteiger partial charge in [-0.25, -0.2) is 4.39 Å². The summed E-state index contributed by atoms with van der Waals surface area (Å²) >= 11 is 0. The van der Waals surface area contributed by atoms with Crippen molar-refractivity contribution in [1.29, 1.82) is 0 Å². The number of carbonyl (C=O) groups is 1. The molecule has 1 aliphatic rings. The second-order valence-electron chi connectivity index (χ2n) is 6.55. The van der Waals surface area contributed by atoms with Gasteiger partial charge in [-0.1, -0.05) is 13.8 Å². The molecule has 0 aliphatic carbocycles. The minimum atomic E-state index is -0.212. The third-order valence-electron chi connectivity index (χ3n) is 5.26. The molecule has 1 aliphatic heterocycles. The molecule has 0 unspecified atom stereocenters. The number of rotatable bonds is 4. The van der Waals surface area contributed by atoms with Crippen LogP contribution in [0.15, 0.2) is 24.4 Å². The summed E-state index contributed by atoms with van der Waals surface area (Å²) < 4.78 is 13.3. The summed E-state index contributed by atoms with van der Waals surface area (Å²) in [6, 6.07) is 4.92. The maximum atomic E-state index is 13.3. The van der Waals surface area contributed by atoms with Gasteiger partial charge in [0.05, 0.1) is 0 Å². The van der Waals surface area contributed by atoms with E-state index in [4.69, 9.17) is 0 Å². The number of nitrogens with zero attached hydrogens (tertiary/aromatic N) is 1. The molecule has 124 valence electrons. The Labute approximate surface area is 136 Å². The maximum absolute atomic E-state index is 13.3. The maximum Gasteiger partial charge on any atom is 0.225 e. The molecule has 0 atom stereocenters. The van der Waals surface area contributed by atoms with Gasteiger partial charge in [-0.3, -0.25) is 4.79 Å². The molecule has 3 nitrogen and oxygen atoms in total. The lowest BCUT2D eigenvalue weighted by atomic mass is 9.88. The summed E-state index contributed by atoms with van der Waals surface area (Å²) in [6.07, 6.45) is 5.81. The predicted molar refractivity (Wildman–Crippen MR) is 90.9 cm³/mol. The molecule has 1 aromatic carbocycles. The molecular formula is C19H25FN2O. The summed E-state index contributed by atoms with van der Waals surface area (Å²) in [5.74, 6) is 0.716. The molecular weight excluding hydrogens is 291 g/mol. The number of carbonyl (C=O) groups excluding carboxylic acids is 1. The van der Waals surface area contributed by atoms with E-state index in [-0.39, 0.29) is 11.7 Å². The zero-order valence-corrected chi connectivity index (χ0v) is 13.9. The molecule has 3 rings (SSSR count). The van der Waals surface area contributed by atoms with Crippen LogP contribution in [-0.4, -0.2) is 28.9 Å². The molecule has 1 N–H and O–H groups in total. The van der Waals surface area contributed by atoms with Crippen LogP contribution in [0.1, 0.15) is 51.0 Å². The van der Waals surface area contributed by atoms with Crippen LogP contribution in [0.3, 0.4) is 0 Å². The number of likely N-dealkylation sites (tertiary alicyclic amines) is 1. The van der Waals surface area contributed by atoms with Crippen LogP contribution in [0.2, 0.25) is 0 Å². The highest BCUT2D eigenvalue weighted by Gasteiger charge is 2.28. The Bertz CT molecular complexity index is 682. The van der Waals surface area contributed by atoms with Crippen molar-refractivity contribution in [2.45, 2.75) is 45.4 Å². The number of amides is 1.